The molecule has 2 nitrogen and oxygen atoms in total. The van der Waals surface area contributed by atoms with Gasteiger partial charge in [0, 0.05) is 18.3 Å². The van der Waals surface area contributed by atoms with Crippen LogP contribution in [0.5, 0.6) is 5.75 Å². The summed E-state index contributed by atoms with van der Waals surface area (Å²) in [4.78, 5) is 4.38. The summed E-state index contributed by atoms with van der Waals surface area (Å²) in [5.41, 5.74) is 3.53. The van der Waals surface area contributed by atoms with Crippen LogP contribution in [0.3, 0.4) is 0 Å². The average molecular weight is 213 g/mol. The number of rotatable bonds is 3. The van der Waals surface area contributed by atoms with Crippen LogP contribution in [0, 0.1) is 6.92 Å². The van der Waals surface area contributed by atoms with Crippen molar-refractivity contribution in [3.8, 4) is 5.75 Å². The number of hydrogen-bond donors (Lipinski definition) is 0. The van der Waals surface area contributed by atoms with E-state index in [0.717, 1.165) is 17.9 Å². The van der Waals surface area contributed by atoms with E-state index in [1.807, 2.05) is 25.3 Å². The maximum Gasteiger partial charge on any atom is 0.118 e. The quantitative estimate of drug-likeness (QED) is 0.782. The predicted molar refractivity (Wildman–Crippen MR) is 64.8 cm³/mol. The molecule has 0 radical (unpaired) electrons. The summed E-state index contributed by atoms with van der Waals surface area (Å²) in [5, 5.41) is 0. The molecule has 0 saturated heterocycles. The van der Waals surface area contributed by atoms with Gasteiger partial charge in [-0.3, -0.25) is 4.98 Å². The van der Waals surface area contributed by atoms with Crippen molar-refractivity contribution in [3.05, 3.63) is 59.4 Å². The summed E-state index contributed by atoms with van der Waals surface area (Å²) >= 11 is 0. The Morgan fingerprint density at radius 1 is 1.06 bits per heavy atom. The largest absolute Gasteiger partial charge is 0.497 e. The van der Waals surface area contributed by atoms with Crippen LogP contribution in [-0.4, -0.2) is 12.1 Å². The van der Waals surface area contributed by atoms with Crippen LogP contribution in [0.2, 0.25) is 0 Å². The van der Waals surface area contributed by atoms with Gasteiger partial charge in [0.05, 0.1) is 7.11 Å². The molecule has 0 spiro atoms. The van der Waals surface area contributed by atoms with E-state index in [2.05, 4.69) is 29.2 Å². The molecule has 1 aromatic heterocycles. The Kier molecular flexibility index (Phi) is 3.20. The zero-order valence-corrected chi connectivity index (χ0v) is 9.60. The predicted octanol–water partition coefficient (Wildman–Crippen LogP) is 2.99. The van der Waals surface area contributed by atoms with Gasteiger partial charge in [0.25, 0.3) is 0 Å². The molecule has 0 bridgehead atoms. The molecule has 1 heterocycles. The van der Waals surface area contributed by atoms with Gasteiger partial charge in [-0.1, -0.05) is 18.2 Å². The molecule has 0 amide bonds. The van der Waals surface area contributed by atoms with E-state index in [1.54, 1.807) is 7.11 Å². The maximum atomic E-state index is 5.12. The molecule has 82 valence electrons. The monoisotopic (exact) mass is 213 g/mol. The molecular formula is C14H15NO. The molecule has 0 atom stereocenters. The van der Waals surface area contributed by atoms with Crippen molar-refractivity contribution in [2.45, 2.75) is 13.3 Å². The highest BCUT2D eigenvalue weighted by molar-refractivity contribution is 5.30. The molecular weight excluding hydrogens is 198 g/mol. The van der Waals surface area contributed by atoms with Gasteiger partial charge in [0.15, 0.2) is 0 Å². The van der Waals surface area contributed by atoms with Gasteiger partial charge >= 0.3 is 0 Å². The normalized spacial score (nSPS) is 10.1. The third-order valence-corrected chi connectivity index (χ3v) is 2.52. The van der Waals surface area contributed by atoms with E-state index in [4.69, 9.17) is 4.74 Å². The number of nitrogens with zero attached hydrogens (tertiary/aromatic N) is 1. The lowest BCUT2D eigenvalue weighted by atomic mass is 10.1. The zero-order valence-electron chi connectivity index (χ0n) is 9.60. The minimum absolute atomic E-state index is 0.865. The molecule has 0 saturated carbocycles. The van der Waals surface area contributed by atoms with Crippen molar-refractivity contribution < 1.29 is 4.74 Å². The van der Waals surface area contributed by atoms with Crippen LogP contribution in [0.15, 0.2) is 42.6 Å². The van der Waals surface area contributed by atoms with E-state index in [1.165, 1.54) is 11.1 Å². The number of pyridine rings is 1. The lowest BCUT2D eigenvalue weighted by molar-refractivity contribution is 0.414. The first-order valence-corrected chi connectivity index (χ1v) is 5.32. The van der Waals surface area contributed by atoms with Crippen molar-refractivity contribution in [1.82, 2.24) is 4.98 Å². The standard InChI is InChI=1S/C14H15NO/c1-11-3-6-13(15-10-11)9-12-4-7-14(16-2)8-5-12/h3-8,10H,9H2,1-2H3. The minimum atomic E-state index is 0.865. The van der Waals surface area contributed by atoms with Crippen molar-refractivity contribution in [2.75, 3.05) is 7.11 Å². The van der Waals surface area contributed by atoms with Gasteiger partial charge < -0.3 is 4.74 Å². The van der Waals surface area contributed by atoms with Gasteiger partial charge in [0.2, 0.25) is 0 Å². The summed E-state index contributed by atoms with van der Waals surface area (Å²) in [6.45, 7) is 2.05. The Morgan fingerprint density at radius 2 is 1.81 bits per heavy atom. The number of methoxy groups -OCH3 is 1. The van der Waals surface area contributed by atoms with Gasteiger partial charge in [-0.05, 0) is 36.2 Å². The van der Waals surface area contributed by atoms with Crippen LogP contribution in [-0.2, 0) is 6.42 Å². The number of ether oxygens (including phenoxy) is 1. The topological polar surface area (TPSA) is 22.1 Å². The molecule has 2 aromatic rings. The Balaban J connectivity index is 2.11. The average Bonchev–Trinajstić information content (AvgIpc) is 2.33. The van der Waals surface area contributed by atoms with Gasteiger partial charge in [-0.2, -0.15) is 0 Å². The molecule has 1 aromatic carbocycles. The van der Waals surface area contributed by atoms with Gasteiger partial charge in [-0.25, -0.2) is 0 Å². The Hall–Kier alpha value is -1.83. The Morgan fingerprint density at radius 3 is 2.38 bits per heavy atom. The maximum absolute atomic E-state index is 5.12. The molecule has 0 N–H and O–H groups in total. The molecule has 0 aliphatic carbocycles. The molecule has 0 aliphatic rings. The van der Waals surface area contributed by atoms with Crippen molar-refractivity contribution in [1.29, 1.82) is 0 Å². The highest BCUT2D eigenvalue weighted by Crippen LogP contribution is 2.13. The number of aromatic nitrogens is 1. The lowest BCUT2D eigenvalue weighted by Crippen LogP contribution is -1.92. The Labute approximate surface area is 95.9 Å². The van der Waals surface area contributed by atoms with Crippen LogP contribution >= 0.6 is 0 Å². The molecule has 0 unspecified atom stereocenters. The van der Waals surface area contributed by atoms with Gasteiger partial charge in [-0.15, -0.1) is 0 Å². The smallest absolute Gasteiger partial charge is 0.118 e. The summed E-state index contributed by atoms with van der Waals surface area (Å²) in [6, 6.07) is 12.2. The molecule has 2 rings (SSSR count). The van der Waals surface area contributed by atoms with E-state index in [-0.39, 0.29) is 0 Å². The SMILES string of the molecule is COc1ccc(Cc2ccc(C)cn2)cc1. The fourth-order valence-electron chi connectivity index (χ4n) is 1.56. The number of benzene rings is 1. The summed E-state index contributed by atoms with van der Waals surface area (Å²) in [5.74, 6) is 0.889. The first kappa shape index (κ1) is 10.7. The van der Waals surface area contributed by atoms with E-state index >= 15 is 0 Å². The first-order chi connectivity index (χ1) is 7.78. The zero-order chi connectivity index (χ0) is 11.4. The fourth-order valence-corrected chi connectivity index (χ4v) is 1.56. The highest BCUT2D eigenvalue weighted by atomic mass is 16.5. The molecule has 0 fully saturated rings. The Bertz CT molecular complexity index is 445. The number of aryl methyl sites for hydroxylation is 1. The van der Waals surface area contributed by atoms with E-state index in [9.17, 15) is 0 Å². The van der Waals surface area contributed by atoms with E-state index < -0.39 is 0 Å². The second-order valence-electron chi connectivity index (χ2n) is 3.85. The summed E-state index contributed by atoms with van der Waals surface area (Å²) in [7, 11) is 1.68. The first-order valence-electron chi connectivity index (χ1n) is 5.32. The highest BCUT2D eigenvalue weighted by Gasteiger charge is 1.98. The van der Waals surface area contributed by atoms with Gasteiger partial charge in [0.1, 0.15) is 5.75 Å². The lowest BCUT2D eigenvalue weighted by Gasteiger charge is -2.03. The molecule has 16 heavy (non-hydrogen) atoms. The minimum Gasteiger partial charge on any atom is -0.497 e. The summed E-state index contributed by atoms with van der Waals surface area (Å²) < 4.78 is 5.12. The third-order valence-electron chi connectivity index (χ3n) is 2.52. The number of hydrogen-bond acceptors (Lipinski definition) is 2. The molecule has 2 heteroatoms. The van der Waals surface area contributed by atoms with Crippen molar-refractivity contribution in [2.24, 2.45) is 0 Å². The van der Waals surface area contributed by atoms with Crippen LogP contribution in [0.1, 0.15) is 16.8 Å². The second kappa shape index (κ2) is 4.79. The molecule has 0 aliphatic heterocycles. The van der Waals surface area contributed by atoms with Crippen LogP contribution in [0.25, 0.3) is 0 Å². The van der Waals surface area contributed by atoms with Crippen LogP contribution in [0.4, 0.5) is 0 Å². The van der Waals surface area contributed by atoms with Crippen molar-refractivity contribution >= 4 is 0 Å². The fraction of sp³-hybridized carbons (Fsp3) is 0.214. The summed E-state index contributed by atoms with van der Waals surface area (Å²) in [6.07, 6.45) is 2.77. The van der Waals surface area contributed by atoms with E-state index in [0.29, 0.717) is 0 Å². The second-order valence-corrected chi connectivity index (χ2v) is 3.85. The third kappa shape index (κ3) is 2.60. The van der Waals surface area contributed by atoms with Crippen LogP contribution < -0.4 is 4.74 Å². The van der Waals surface area contributed by atoms with Crippen molar-refractivity contribution in [3.63, 3.8) is 0 Å².